The molecule has 0 aliphatic carbocycles. The number of ether oxygens (including phenoxy) is 1. The number of benzene rings is 2. The molecule has 0 bridgehead atoms. The molecule has 1 amide bonds. The minimum atomic E-state index is -0.406. The maximum atomic E-state index is 12.4. The van der Waals surface area contributed by atoms with Gasteiger partial charge in [-0.25, -0.2) is 4.79 Å². The highest BCUT2D eigenvalue weighted by Crippen LogP contribution is 2.28. The standard InChI is InChI=1S/C16H13NO3/c1-20-16(19)11-6-4-7-13(9-11)17-10-12-5-2-3-8-14(12)15(17)18/h2-9H,10H2,1H3. The highest BCUT2D eigenvalue weighted by Gasteiger charge is 2.28. The van der Waals surface area contributed by atoms with Gasteiger partial charge in [-0.05, 0) is 29.8 Å². The third kappa shape index (κ3) is 1.95. The van der Waals surface area contributed by atoms with Gasteiger partial charge in [-0.15, -0.1) is 0 Å². The van der Waals surface area contributed by atoms with Gasteiger partial charge in [0.05, 0.1) is 19.2 Å². The first-order chi connectivity index (χ1) is 9.70. The molecular formula is C16H13NO3. The molecule has 0 aromatic heterocycles. The molecule has 1 aliphatic rings. The maximum absolute atomic E-state index is 12.4. The number of methoxy groups -OCH3 is 1. The van der Waals surface area contributed by atoms with Crippen LogP contribution in [0.1, 0.15) is 26.3 Å². The second-order valence-electron chi connectivity index (χ2n) is 4.59. The first kappa shape index (κ1) is 12.4. The number of hydrogen-bond donors (Lipinski definition) is 0. The molecule has 4 nitrogen and oxygen atoms in total. The quantitative estimate of drug-likeness (QED) is 0.786. The topological polar surface area (TPSA) is 46.6 Å². The van der Waals surface area contributed by atoms with E-state index < -0.39 is 5.97 Å². The summed E-state index contributed by atoms with van der Waals surface area (Å²) in [5, 5.41) is 0. The van der Waals surface area contributed by atoms with Crippen LogP contribution in [0.4, 0.5) is 5.69 Å². The van der Waals surface area contributed by atoms with Crippen LogP contribution in [0.25, 0.3) is 0 Å². The lowest BCUT2D eigenvalue weighted by atomic mass is 10.1. The predicted octanol–water partition coefficient (Wildman–Crippen LogP) is 2.63. The molecule has 0 N–H and O–H groups in total. The number of carbonyl (C=O) groups is 2. The highest BCUT2D eigenvalue weighted by molar-refractivity contribution is 6.10. The number of fused-ring (bicyclic) bond motifs is 1. The fourth-order valence-corrected chi connectivity index (χ4v) is 2.38. The van der Waals surface area contributed by atoms with Crippen molar-refractivity contribution in [3.05, 3.63) is 65.2 Å². The number of carbonyl (C=O) groups excluding carboxylic acids is 2. The summed E-state index contributed by atoms with van der Waals surface area (Å²) >= 11 is 0. The van der Waals surface area contributed by atoms with E-state index in [1.165, 1.54) is 7.11 Å². The van der Waals surface area contributed by atoms with Crippen molar-refractivity contribution in [2.75, 3.05) is 12.0 Å². The monoisotopic (exact) mass is 267 g/mol. The van der Waals surface area contributed by atoms with E-state index in [0.717, 1.165) is 11.1 Å². The molecule has 0 saturated carbocycles. The van der Waals surface area contributed by atoms with E-state index in [-0.39, 0.29) is 5.91 Å². The second kappa shape index (κ2) is 4.81. The highest BCUT2D eigenvalue weighted by atomic mass is 16.5. The summed E-state index contributed by atoms with van der Waals surface area (Å²) in [7, 11) is 1.34. The third-order valence-corrected chi connectivity index (χ3v) is 3.40. The summed E-state index contributed by atoms with van der Waals surface area (Å²) < 4.78 is 4.70. The van der Waals surface area contributed by atoms with Gasteiger partial charge in [0.1, 0.15) is 0 Å². The lowest BCUT2D eigenvalue weighted by Gasteiger charge is -2.16. The van der Waals surface area contributed by atoms with Gasteiger partial charge in [-0.1, -0.05) is 24.3 Å². The van der Waals surface area contributed by atoms with E-state index in [4.69, 9.17) is 4.74 Å². The van der Waals surface area contributed by atoms with Crippen molar-refractivity contribution in [3.8, 4) is 0 Å². The molecule has 0 saturated heterocycles. The molecule has 4 heteroatoms. The Morgan fingerprint density at radius 3 is 2.70 bits per heavy atom. The number of hydrogen-bond acceptors (Lipinski definition) is 3. The van der Waals surface area contributed by atoms with Crippen LogP contribution in [0.15, 0.2) is 48.5 Å². The van der Waals surface area contributed by atoms with Gasteiger partial charge >= 0.3 is 5.97 Å². The Morgan fingerprint density at radius 2 is 1.95 bits per heavy atom. The molecule has 0 radical (unpaired) electrons. The van der Waals surface area contributed by atoms with Gasteiger partial charge in [-0.3, -0.25) is 4.79 Å². The van der Waals surface area contributed by atoms with E-state index in [9.17, 15) is 9.59 Å². The molecule has 0 atom stereocenters. The predicted molar refractivity (Wildman–Crippen MR) is 74.7 cm³/mol. The molecule has 0 fully saturated rings. The largest absolute Gasteiger partial charge is 0.465 e. The van der Waals surface area contributed by atoms with E-state index >= 15 is 0 Å². The summed E-state index contributed by atoms with van der Waals surface area (Å²) in [6.07, 6.45) is 0. The number of rotatable bonds is 2. The second-order valence-corrected chi connectivity index (χ2v) is 4.59. The molecule has 2 aromatic carbocycles. The van der Waals surface area contributed by atoms with Crippen molar-refractivity contribution in [2.45, 2.75) is 6.54 Å². The van der Waals surface area contributed by atoms with Crippen LogP contribution in [0.2, 0.25) is 0 Å². The Labute approximate surface area is 116 Å². The molecule has 0 spiro atoms. The smallest absolute Gasteiger partial charge is 0.337 e. The van der Waals surface area contributed by atoms with Crippen LogP contribution >= 0.6 is 0 Å². The number of nitrogens with zero attached hydrogens (tertiary/aromatic N) is 1. The van der Waals surface area contributed by atoms with Crippen LogP contribution in [0.3, 0.4) is 0 Å². The van der Waals surface area contributed by atoms with E-state index in [1.807, 2.05) is 30.3 Å². The molecule has 20 heavy (non-hydrogen) atoms. The fourth-order valence-electron chi connectivity index (χ4n) is 2.38. The van der Waals surface area contributed by atoms with E-state index in [1.54, 1.807) is 23.1 Å². The zero-order valence-corrected chi connectivity index (χ0v) is 11.0. The van der Waals surface area contributed by atoms with Gasteiger partial charge in [0, 0.05) is 11.3 Å². The zero-order chi connectivity index (χ0) is 14.1. The Balaban J connectivity index is 1.96. The van der Waals surface area contributed by atoms with Crippen LogP contribution < -0.4 is 4.90 Å². The molecule has 1 aliphatic heterocycles. The van der Waals surface area contributed by atoms with Crippen molar-refractivity contribution in [3.63, 3.8) is 0 Å². The minimum absolute atomic E-state index is 0.0392. The minimum Gasteiger partial charge on any atom is -0.465 e. The summed E-state index contributed by atoms with van der Waals surface area (Å²) in [6.45, 7) is 0.527. The van der Waals surface area contributed by atoms with Crippen molar-refractivity contribution in [1.82, 2.24) is 0 Å². The summed E-state index contributed by atoms with van der Waals surface area (Å²) in [5.74, 6) is -0.446. The first-order valence-electron chi connectivity index (χ1n) is 6.29. The molecule has 0 unspecified atom stereocenters. The van der Waals surface area contributed by atoms with Gasteiger partial charge in [0.25, 0.3) is 5.91 Å². The van der Waals surface area contributed by atoms with Gasteiger partial charge in [-0.2, -0.15) is 0 Å². The van der Waals surface area contributed by atoms with Gasteiger partial charge in [0.15, 0.2) is 0 Å². The summed E-state index contributed by atoms with van der Waals surface area (Å²) in [4.78, 5) is 25.6. The number of anilines is 1. The maximum Gasteiger partial charge on any atom is 0.337 e. The Kier molecular flexibility index (Phi) is 2.99. The number of esters is 1. The fraction of sp³-hybridized carbons (Fsp3) is 0.125. The van der Waals surface area contributed by atoms with Crippen LogP contribution in [-0.4, -0.2) is 19.0 Å². The Bertz CT molecular complexity index is 694. The van der Waals surface area contributed by atoms with Gasteiger partial charge < -0.3 is 9.64 Å². The average Bonchev–Trinajstić information content (AvgIpc) is 2.84. The van der Waals surface area contributed by atoms with Gasteiger partial charge in [0.2, 0.25) is 0 Å². The van der Waals surface area contributed by atoms with Crippen molar-refractivity contribution >= 4 is 17.6 Å². The SMILES string of the molecule is COC(=O)c1cccc(N2Cc3ccccc3C2=O)c1. The van der Waals surface area contributed by atoms with E-state index in [2.05, 4.69) is 0 Å². The molecule has 2 aromatic rings. The van der Waals surface area contributed by atoms with Crippen LogP contribution in [0.5, 0.6) is 0 Å². The van der Waals surface area contributed by atoms with Crippen molar-refractivity contribution < 1.29 is 14.3 Å². The third-order valence-electron chi connectivity index (χ3n) is 3.40. The zero-order valence-electron chi connectivity index (χ0n) is 11.0. The summed E-state index contributed by atoms with van der Waals surface area (Å²) in [6, 6.07) is 14.4. The lowest BCUT2D eigenvalue weighted by Crippen LogP contribution is -2.23. The van der Waals surface area contributed by atoms with Crippen molar-refractivity contribution in [1.29, 1.82) is 0 Å². The first-order valence-corrected chi connectivity index (χ1v) is 6.29. The number of amides is 1. The van der Waals surface area contributed by atoms with E-state index in [0.29, 0.717) is 17.8 Å². The molecule has 3 rings (SSSR count). The molecular weight excluding hydrogens is 254 g/mol. The summed E-state index contributed by atoms with van der Waals surface area (Å²) in [5.41, 5.74) is 2.86. The Hall–Kier alpha value is -2.62. The van der Waals surface area contributed by atoms with Crippen LogP contribution in [0, 0.1) is 0 Å². The normalized spacial score (nSPS) is 13.2. The Morgan fingerprint density at radius 1 is 1.15 bits per heavy atom. The molecule has 100 valence electrons. The van der Waals surface area contributed by atoms with Crippen molar-refractivity contribution in [2.24, 2.45) is 0 Å². The molecule has 1 heterocycles. The van der Waals surface area contributed by atoms with Crippen LogP contribution in [-0.2, 0) is 11.3 Å². The lowest BCUT2D eigenvalue weighted by molar-refractivity contribution is 0.0600. The average molecular weight is 267 g/mol.